The van der Waals surface area contributed by atoms with Crippen molar-refractivity contribution >= 4 is 50.3 Å². The van der Waals surface area contributed by atoms with Crippen LogP contribution in [0.1, 0.15) is 34.9 Å². The normalized spacial score (nSPS) is 19.9. The Kier molecular flexibility index (Phi) is 6.75. The predicted molar refractivity (Wildman–Crippen MR) is 197 cm³/mol. The largest absolute Gasteiger partial charge is 0.311 e. The van der Waals surface area contributed by atoms with E-state index in [1.807, 2.05) is 11.8 Å². The first-order valence-electron chi connectivity index (χ1n) is 16.2. The fourth-order valence-electron chi connectivity index (χ4n) is 7.45. The lowest BCUT2D eigenvalue weighted by Gasteiger charge is -2.29. The smallest absolute Gasteiger partial charge is 0.0472 e. The Morgan fingerprint density at radius 1 is 0.609 bits per heavy atom. The summed E-state index contributed by atoms with van der Waals surface area (Å²) in [5.41, 5.74) is 9.05. The number of hydrogen-bond donors (Lipinski definition) is 0. The van der Waals surface area contributed by atoms with Gasteiger partial charge in [-0.1, -0.05) is 134 Å². The van der Waals surface area contributed by atoms with E-state index in [2.05, 4.69) is 175 Å². The molecular formula is C44H33NS. The maximum absolute atomic E-state index is 2.52. The first-order valence-corrected chi connectivity index (χ1v) is 17.1. The molecule has 6 aromatic rings. The Balaban J connectivity index is 1.07. The van der Waals surface area contributed by atoms with Gasteiger partial charge in [0, 0.05) is 39.1 Å². The lowest BCUT2D eigenvalue weighted by molar-refractivity contribution is 0.839. The third-order valence-corrected chi connectivity index (χ3v) is 11.0. The molecule has 0 spiro atoms. The molecule has 6 aromatic carbocycles. The van der Waals surface area contributed by atoms with Crippen LogP contribution in [0.25, 0.3) is 27.1 Å². The minimum absolute atomic E-state index is 0.352. The molecule has 0 fully saturated rings. The molecule has 0 N–H and O–H groups in total. The minimum atomic E-state index is 0.352. The van der Waals surface area contributed by atoms with E-state index in [-0.39, 0.29) is 0 Å². The number of nitrogens with zero attached hydrogens (tertiary/aromatic N) is 1. The topological polar surface area (TPSA) is 3.24 Å². The fourth-order valence-corrected chi connectivity index (χ4v) is 8.80. The van der Waals surface area contributed by atoms with E-state index in [0.717, 1.165) is 6.42 Å². The van der Waals surface area contributed by atoms with Crippen LogP contribution in [0.2, 0.25) is 0 Å². The fraction of sp³-hybridized carbons (Fsp3) is 0.0909. The molecule has 0 radical (unpaired) electrons. The van der Waals surface area contributed by atoms with Gasteiger partial charge in [0.05, 0.1) is 0 Å². The highest BCUT2D eigenvalue weighted by molar-refractivity contribution is 8.00. The Morgan fingerprint density at radius 2 is 1.35 bits per heavy atom. The van der Waals surface area contributed by atoms with Gasteiger partial charge in [-0.2, -0.15) is 0 Å². The molecule has 0 aromatic heterocycles. The van der Waals surface area contributed by atoms with Crippen LogP contribution < -0.4 is 4.90 Å². The van der Waals surface area contributed by atoms with E-state index >= 15 is 0 Å². The maximum Gasteiger partial charge on any atom is 0.0472 e. The quantitative estimate of drug-likeness (QED) is 0.179. The zero-order chi connectivity index (χ0) is 30.5. The second-order valence-corrected chi connectivity index (χ2v) is 13.6. The Hall–Kier alpha value is -5.05. The molecule has 1 aliphatic heterocycles. The SMILES string of the molecule is C1=CC2Sc3cc(N(C4=CCC(c5ccccc5)C=C4)c4ccccc4)ccc3C2C=C1c1cc2ccccc2c2ccccc12. The number of benzene rings is 6. The molecule has 220 valence electrons. The summed E-state index contributed by atoms with van der Waals surface area (Å²) in [6.07, 6.45) is 15.4. The third kappa shape index (κ3) is 4.73. The molecule has 46 heavy (non-hydrogen) atoms. The minimum Gasteiger partial charge on any atom is -0.311 e. The van der Waals surface area contributed by atoms with Crippen molar-refractivity contribution in [3.8, 4) is 0 Å². The van der Waals surface area contributed by atoms with Gasteiger partial charge in [-0.15, -0.1) is 11.8 Å². The molecule has 1 heterocycles. The summed E-state index contributed by atoms with van der Waals surface area (Å²) in [6, 6.07) is 48.7. The first-order chi connectivity index (χ1) is 22.8. The lowest BCUT2D eigenvalue weighted by atomic mass is 9.85. The van der Waals surface area contributed by atoms with Crippen LogP contribution in [0.4, 0.5) is 11.4 Å². The Bertz CT molecular complexity index is 2220. The molecule has 3 unspecified atom stereocenters. The summed E-state index contributed by atoms with van der Waals surface area (Å²) in [5.74, 6) is 0.763. The van der Waals surface area contributed by atoms with E-state index in [9.17, 15) is 0 Å². The number of allylic oxidation sites excluding steroid dienone is 6. The van der Waals surface area contributed by atoms with Crippen LogP contribution in [0.5, 0.6) is 0 Å². The lowest BCUT2D eigenvalue weighted by Crippen LogP contribution is -2.17. The number of hydrogen-bond acceptors (Lipinski definition) is 2. The average molecular weight is 608 g/mol. The second-order valence-electron chi connectivity index (χ2n) is 12.4. The summed E-state index contributed by atoms with van der Waals surface area (Å²) in [4.78, 5) is 3.79. The summed E-state index contributed by atoms with van der Waals surface area (Å²) < 4.78 is 0. The number of para-hydroxylation sites is 1. The standard InChI is InChI=1S/C44H33NS/c1-3-11-30(12-4-1)31-19-22-35(23-20-31)45(34-14-5-2-6-15-34)36-24-25-40-42-28-33(21-26-43(42)46-44(40)29-36)41-27-32-13-7-8-16-37(32)38-17-9-10-18-39(38)41/h1-19,21-29,31,42-43H,20H2. The molecule has 3 aliphatic rings. The van der Waals surface area contributed by atoms with E-state index < -0.39 is 0 Å². The van der Waals surface area contributed by atoms with Gasteiger partial charge in [-0.25, -0.2) is 0 Å². The van der Waals surface area contributed by atoms with Crippen molar-refractivity contribution in [3.63, 3.8) is 0 Å². The van der Waals surface area contributed by atoms with Gasteiger partial charge >= 0.3 is 0 Å². The predicted octanol–water partition coefficient (Wildman–Crippen LogP) is 12.0. The summed E-state index contributed by atoms with van der Waals surface area (Å²) in [5, 5.41) is 5.65. The Morgan fingerprint density at radius 3 is 2.15 bits per heavy atom. The van der Waals surface area contributed by atoms with Crippen molar-refractivity contribution in [3.05, 3.63) is 192 Å². The molecular weight excluding hydrogens is 575 g/mol. The second kappa shape index (κ2) is 11.4. The van der Waals surface area contributed by atoms with Crippen LogP contribution in [0, 0.1) is 0 Å². The van der Waals surface area contributed by atoms with Crippen molar-refractivity contribution in [1.29, 1.82) is 0 Å². The Labute approximate surface area is 274 Å². The average Bonchev–Trinajstić information content (AvgIpc) is 3.50. The van der Waals surface area contributed by atoms with Crippen molar-refractivity contribution < 1.29 is 0 Å². The number of anilines is 2. The molecule has 1 nitrogen and oxygen atoms in total. The van der Waals surface area contributed by atoms with Gasteiger partial charge < -0.3 is 4.90 Å². The van der Waals surface area contributed by atoms with Crippen LogP contribution in [0.3, 0.4) is 0 Å². The zero-order valence-electron chi connectivity index (χ0n) is 25.5. The molecule has 0 amide bonds. The van der Waals surface area contributed by atoms with Crippen molar-refractivity contribution in [2.75, 3.05) is 4.90 Å². The van der Waals surface area contributed by atoms with Gasteiger partial charge in [-0.05, 0) is 86.6 Å². The van der Waals surface area contributed by atoms with E-state index in [0.29, 0.717) is 17.1 Å². The van der Waals surface area contributed by atoms with Crippen LogP contribution >= 0.6 is 11.8 Å². The summed E-state index contributed by atoms with van der Waals surface area (Å²) in [6.45, 7) is 0. The summed E-state index contributed by atoms with van der Waals surface area (Å²) >= 11 is 2.00. The molecule has 0 bridgehead atoms. The molecule has 0 saturated heterocycles. The number of thioether (sulfide) groups is 1. The van der Waals surface area contributed by atoms with Gasteiger partial charge in [0.1, 0.15) is 0 Å². The molecule has 2 aliphatic carbocycles. The zero-order valence-corrected chi connectivity index (χ0v) is 26.3. The third-order valence-electron chi connectivity index (χ3n) is 9.72. The molecule has 9 rings (SSSR count). The summed E-state index contributed by atoms with van der Waals surface area (Å²) in [7, 11) is 0. The number of rotatable bonds is 5. The molecule has 3 atom stereocenters. The van der Waals surface area contributed by atoms with Crippen molar-refractivity contribution in [2.45, 2.75) is 28.4 Å². The van der Waals surface area contributed by atoms with Crippen molar-refractivity contribution in [2.24, 2.45) is 0 Å². The highest BCUT2D eigenvalue weighted by atomic mass is 32.2. The molecule has 0 saturated carbocycles. The van der Waals surface area contributed by atoms with Crippen LogP contribution in [0.15, 0.2) is 181 Å². The van der Waals surface area contributed by atoms with Crippen molar-refractivity contribution in [1.82, 2.24) is 0 Å². The highest BCUT2D eigenvalue weighted by Gasteiger charge is 2.33. The monoisotopic (exact) mass is 607 g/mol. The van der Waals surface area contributed by atoms with Gasteiger partial charge in [0.25, 0.3) is 0 Å². The van der Waals surface area contributed by atoms with E-state index in [1.54, 1.807) is 0 Å². The first kappa shape index (κ1) is 27.3. The van der Waals surface area contributed by atoms with E-state index in [1.165, 1.54) is 65.8 Å². The maximum atomic E-state index is 2.52. The highest BCUT2D eigenvalue weighted by Crippen LogP contribution is 2.52. The van der Waals surface area contributed by atoms with E-state index in [4.69, 9.17) is 0 Å². The van der Waals surface area contributed by atoms with Crippen LogP contribution in [-0.4, -0.2) is 5.25 Å². The number of fused-ring (bicyclic) bond motifs is 6. The van der Waals surface area contributed by atoms with Crippen LogP contribution in [-0.2, 0) is 0 Å². The van der Waals surface area contributed by atoms with Gasteiger partial charge in [0.15, 0.2) is 0 Å². The van der Waals surface area contributed by atoms with Gasteiger partial charge in [-0.3, -0.25) is 0 Å². The molecule has 2 heteroatoms. The van der Waals surface area contributed by atoms with Gasteiger partial charge in [0.2, 0.25) is 0 Å².